The number of rotatable bonds is 2. The first-order valence-corrected chi connectivity index (χ1v) is 4.30. The van der Waals surface area contributed by atoms with E-state index in [1.54, 1.807) is 6.92 Å². The SMILES string of the molecule is CCOC(=O)C1=C(C)C(C)(C)N=N1. The van der Waals surface area contributed by atoms with E-state index < -0.39 is 0 Å². The van der Waals surface area contributed by atoms with Crippen LogP contribution in [-0.2, 0) is 9.53 Å². The first-order chi connectivity index (χ1) is 5.99. The Morgan fingerprint density at radius 2 is 2.15 bits per heavy atom. The lowest BCUT2D eigenvalue weighted by atomic mass is 9.96. The van der Waals surface area contributed by atoms with Crippen molar-refractivity contribution in [3.63, 3.8) is 0 Å². The maximum Gasteiger partial charge on any atom is 0.358 e. The first kappa shape index (κ1) is 9.89. The van der Waals surface area contributed by atoms with Crippen LogP contribution in [0.1, 0.15) is 27.7 Å². The molecule has 0 N–H and O–H groups in total. The highest BCUT2D eigenvalue weighted by molar-refractivity contribution is 5.89. The number of esters is 1. The zero-order valence-corrected chi connectivity index (χ0v) is 8.42. The smallest absolute Gasteiger partial charge is 0.358 e. The van der Waals surface area contributed by atoms with Crippen molar-refractivity contribution in [2.24, 2.45) is 10.2 Å². The normalized spacial score (nSPS) is 19.4. The lowest BCUT2D eigenvalue weighted by Crippen LogP contribution is -2.17. The molecule has 0 atom stereocenters. The van der Waals surface area contributed by atoms with Crippen LogP contribution in [-0.4, -0.2) is 18.1 Å². The second-order valence-electron chi connectivity index (χ2n) is 3.45. The van der Waals surface area contributed by atoms with E-state index in [2.05, 4.69) is 10.2 Å². The summed E-state index contributed by atoms with van der Waals surface area (Å²) in [6.45, 7) is 7.82. The highest BCUT2D eigenvalue weighted by atomic mass is 16.5. The minimum Gasteiger partial charge on any atom is -0.461 e. The van der Waals surface area contributed by atoms with Gasteiger partial charge in [0.2, 0.25) is 0 Å². The van der Waals surface area contributed by atoms with Gasteiger partial charge in [0, 0.05) is 0 Å². The molecule has 4 heteroatoms. The van der Waals surface area contributed by atoms with E-state index in [1.165, 1.54) is 0 Å². The average molecular weight is 182 g/mol. The van der Waals surface area contributed by atoms with Crippen molar-refractivity contribution in [3.05, 3.63) is 11.3 Å². The molecule has 0 aromatic carbocycles. The van der Waals surface area contributed by atoms with Crippen LogP contribution in [0.15, 0.2) is 21.5 Å². The Kier molecular flexibility index (Phi) is 2.50. The molecule has 0 aliphatic carbocycles. The summed E-state index contributed by atoms with van der Waals surface area (Å²) in [5.74, 6) is -0.380. The summed E-state index contributed by atoms with van der Waals surface area (Å²) in [4.78, 5) is 11.3. The third-order valence-corrected chi connectivity index (χ3v) is 2.14. The fraction of sp³-hybridized carbons (Fsp3) is 0.667. The van der Waals surface area contributed by atoms with Crippen LogP contribution in [0.3, 0.4) is 0 Å². The molecule has 0 fully saturated rings. The molecule has 1 heterocycles. The topological polar surface area (TPSA) is 51.0 Å². The molecule has 1 aliphatic rings. The van der Waals surface area contributed by atoms with Crippen LogP contribution in [0.25, 0.3) is 0 Å². The molecule has 72 valence electrons. The van der Waals surface area contributed by atoms with Crippen molar-refractivity contribution in [1.29, 1.82) is 0 Å². The van der Waals surface area contributed by atoms with Gasteiger partial charge in [-0.05, 0) is 33.3 Å². The van der Waals surface area contributed by atoms with Gasteiger partial charge in [-0.2, -0.15) is 5.11 Å². The molecule has 0 aromatic heterocycles. The van der Waals surface area contributed by atoms with Gasteiger partial charge < -0.3 is 4.74 Å². The monoisotopic (exact) mass is 182 g/mol. The van der Waals surface area contributed by atoms with Crippen LogP contribution in [0.4, 0.5) is 0 Å². The van der Waals surface area contributed by atoms with E-state index in [0.29, 0.717) is 12.3 Å². The van der Waals surface area contributed by atoms with Crippen molar-refractivity contribution in [3.8, 4) is 0 Å². The number of nitrogens with zero attached hydrogens (tertiary/aromatic N) is 2. The molecule has 0 saturated heterocycles. The summed E-state index contributed by atoms with van der Waals surface area (Å²) < 4.78 is 4.84. The zero-order chi connectivity index (χ0) is 10.1. The number of azo groups is 1. The van der Waals surface area contributed by atoms with Gasteiger partial charge in [0.1, 0.15) is 0 Å². The van der Waals surface area contributed by atoms with Crippen molar-refractivity contribution < 1.29 is 9.53 Å². The summed E-state index contributed by atoms with van der Waals surface area (Å²) in [5, 5.41) is 7.80. The Hall–Kier alpha value is -1.19. The highest BCUT2D eigenvalue weighted by Crippen LogP contribution is 2.31. The largest absolute Gasteiger partial charge is 0.461 e. The molecule has 0 saturated carbocycles. The molecule has 0 unspecified atom stereocenters. The summed E-state index contributed by atoms with van der Waals surface area (Å²) in [7, 11) is 0. The van der Waals surface area contributed by atoms with Crippen LogP contribution in [0, 0.1) is 0 Å². The average Bonchev–Trinajstić information content (AvgIpc) is 2.28. The van der Waals surface area contributed by atoms with E-state index in [9.17, 15) is 4.79 Å². The fourth-order valence-electron chi connectivity index (χ4n) is 1.01. The van der Waals surface area contributed by atoms with Gasteiger partial charge in [-0.1, -0.05) is 0 Å². The summed E-state index contributed by atoms with van der Waals surface area (Å²) in [5.41, 5.74) is 0.861. The Morgan fingerprint density at radius 1 is 1.54 bits per heavy atom. The Balaban J connectivity index is 2.89. The van der Waals surface area contributed by atoms with Gasteiger partial charge >= 0.3 is 5.97 Å². The molecule has 0 radical (unpaired) electrons. The molecule has 1 aliphatic heterocycles. The summed E-state index contributed by atoms with van der Waals surface area (Å²) >= 11 is 0. The molecule has 13 heavy (non-hydrogen) atoms. The van der Waals surface area contributed by atoms with Gasteiger partial charge in [-0.3, -0.25) is 0 Å². The number of carbonyl (C=O) groups is 1. The maximum absolute atomic E-state index is 11.3. The quantitative estimate of drug-likeness (QED) is 0.614. The first-order valence-electron chi connectivity index (χ1n) is 4.30. The lowest BCUT2D eigenvalue weighted by molar-refractivity contribution is -0.138. The molecular weight excluding hydrogens is 168 g/mol. The number of carbonyl (C=O) groups excluding carboxylic acids is 1. The van der Waals surface area contributed by atoms with E-state index in [0.717, 1.165) is 5.57 Å². The van der Waals surface area contributed by atoms with E-state index >= 15 is 0 Å². The fourth-order valence-corrected chi connectivity index (χ4v) is 1.01. The second-order valence-corrected chi connectivity index (χ2v) is 3.45. The highest BCUT2D eigenvalue weighted by Gasteiger charge is 2.31. The van der Waals surface area contributed by atoms with E-state index in [-0.39, 0.29) is 11.5 Å². The van der Waals surface area contributed by atoms with Crippen molar-refractivity contribution in [2.45, 2.75) is 33.2 Å². The molecule has 0 spiro atoms. The maximum atomic E-state index is 11.3. The van der Waals surface area contributed by atoms with Gasteiger partial charge in [0.05, 0.1) is 12.1 Å². The Morgan fingerprint density at radius 3 is 2.54 bits per heavy atom. The predicted molar refractivity (Wildman–Crippen MR) is 48.3 cm³/mol. The van der Waals surface area contributed by atoms with Crippen molar-refractivity contribution in [2.75, 3.05) is 6.61 Å². The van der Waals surface area contributed by atoms with E-state index in [1.807, 2.05) is 20.8 Å². The Bertz CT molecular complexity index is 290. The van der Waals surface area contributed by atoms with Crippen molar-refractivity contribution in [1.82, 2.24) is 0 Å². The van der Waals surface area contributed by atoms with Gasteiger partial charge in [0.15, 0.2) is 5.70 Å². The van der Waals surface area contributed by atoms with Gasteiger partial charge in [-0.15, -0.1) is 5.11 Å². The molecule has 4 nitrogen and oxygen atoms in total. The Labute approximate surface area is 77.7 Å². The standard InChI is InChI=1S/C9H14N2O2/c1-5-13-8(12)7-6(2)9(3,4)11-10-7/h5H2,1-4H3. The molecular formula is C9H14N2O2. The minimum atomic E-state index is -0.380. The third kappa shape index (κ3) is 1.76. The third-order valence-electron chi connectivity index (χ3n) is 2.14. The predicted octanol–water partition coefficient (Wildman–Crippen LogP) is 2.07. The number of hydrogen-bond acceptors (Lipinski definition) is 4. The molecule has 0 amide bonds. The molecule has 0 bridgehead atoms. The van der Waals surface area contributed by atoms with Crippen molar-refractivity contribution >= 4 is 5.97 Å². The van der Waals surface area contributed by atoms with E-state index in [4.69, 9.17) is 4.74 Å². The summed E-state index contributed by atoms with van der Waals surface area (Å²) in [6, 6.07) is 0. The second kappa shape index (κ2) is 3.28. The minimum absolute atomic E-state index is 0.354. The molecule has 0 aromatic rings. The number of ether oxygens (including phenoxy) is 1. The summed E-state index contributed by atoms with van der Waals surface area (Å²) in [6.07, 6.45) is 0. The number of hydrogen-bond donors (Lipinski definition) is 0. The van der Waals surface area contributed by atoms with Crippen LogP contribution >= 0.6 is 0 Å². The lowest BCUT2D eigenvalue weighted by Gasteiger charge is -2.13. The zero-order valence-electron chi connectivity index (χ0n) is 8.42. The van der Waals surface area contributed by atoms with Gasteiger partial charge in [0.25, 0.3) is 0 Å². The van der Waals surface area contributed by atoms with Gasteiger partial charge in [-0.25, -0.2) is 4.79 Å². The molecule has 1 rings (SSSR count). The van der Waals surface area contributed by atoms with Crippen LogP contribution in [0.5, 0.6) is 0 Å². The van der Waals surface area contributed by atoms with Crippen LogP contribution < -0.4 is 0 Å². The van der Waals surface area contributed by atoms with Crippen LogP contribution in [0.2, 0.25) is 0 Å².